The maximum absolute atomic E-state index is 12.6. The third-order valence-corrected chi connectivity index (χ3v) is 6.27. The molecule has 1 aromatic carbocycles. The van der Waals surface area contributed by atoms with Crippen LogP contribution in [0.4, 0.5) is 0 Å². The van der Waals surface area contributed by atoms with Gasteiger partial charge in [-0.25, -0.2) is 0 Å². The highest BCUT2D eigenvalue weighted by atomic mass is 32.1. The van der Waals surface area contributed by atoms with Crippen molar-refractivity contribution in [1.29, 1.82) is 0 Å². The molecule has 0 saturated carbocycles. The average molecular weight is 473 g/mol. The van der Waals surface area contributed by atoms with Gasteiger partial charge in [0.15, 0.2) is 11.5 Å². The summed E-state index contributed by atoms with van der Waals surface area (Å²) in [6.45, 7) is 3.39. The van der Waals surface area contributed by atoms with Gasteiger partial charge in [0.1, 0.15) is 0 Å². The number of aryl methyl sites for hydroxylation is 1. The molecule has 9 nitrogen and oxygen atoms in total. The minimum Gasteiger partial charge on any atom is -0.493 e. The third kappa shape index (κ3) is 5.89. The molecule has 1 fully saturated rings. The molecule has 1 unspecified atom stereocenters. The van der Waals surface area contributed by atoms with E-state index in [0.717, 1.165) is 24.2 Å². The fourth-order valence-electron chi connectivity index (χ4n) is 3.79. The van der Waals surface area contributed by atoms with Gasteiger partial charge in [-0.2, -0.15) is 16.3 Å². The molecule has 0 spiro atoms. The fourth-order valence-corrected chi connectivity index (χ4v) is 4.43. The predicted molar refractivity (Wildman–Crippen MR) is 124 cm³/mol. The number of hydrogen-bond acceptors (Lipinski definition) is 9. The number of hydrogen-bond donors (Lipinski definition) is 1. The van der Waals surface area contributed by atoms with E-state index in [-0.39, 0.29) is 18.4 Å². The van der Waals surface area contributed by atoms with Gasteiger partial charge in [-0.05, 0) is 29.1 Å². The number of thiophene rings is 1. The Labute approximate surface area is 196 Å². The monoisotopic (exact) mass is 472 g/mol. The summed E-state index contributed by atoms with van der Waals surface area (Å²) in [7, 11) is 3.23. The van der Waals surface area contributed by atoms with Gasteiger partial charge in [0, 0.05) is 43.4 Å². The largest absolute Gasteiger partial charge is 0.493 e. The highest BCUT2D eigenvalue weighted by Crippen LogP contribution is 2.32. The zero-order valence-electron chi connectivity index (χ0n) is 18.8. The van der Waals surface area contributed by atoms with E-state index in [2.05, 4.69) is 20.4 Å². The van der Waals surface area contributed by atoms with Crippen LogP contribution in [0.25, 0.3) is 11.4 Å². The second-order valence-electron chi connectivity index (χ2n) is 7.61. The summed E-state index contributed by atoms with van der Waals surface area (Å²) in [6.07, 6.45) is 0.661. The SMILES string of the molecule is COc1ccc(C(CNC(=O)CCc2nc(-c3ccsc3)no2)N2CCOCC2)cc1OC. The molecule has 1 N–H and O–H groups in total. The summed E-state index contributed by atoms with van der Waals surface area (Å²) in [5.74, 6) is 2.28. The van der Waals surface area contributed by atoms with Crippen molar-refractivity contribution in [2.24, 2.45) is 0 Å². The van der Waals surface area contributed by atoms with E-state index in [9.17, 15) is 4.79 Å². The van der Waals surface area contributed by atoms with E-state index < -0.39 is 0 Å². The molecule has 0 radical (unpaired) electrons. The molecule has 1 aliphatic rings. The smallest absolute Gasteiger partial charge is 0.227 e. The number of rotatable bonds is 10. The zero-order valence-corrected chi connectivity index (χ0v) is 19.6. The lowest BCUT2D eigenvalue weighted by atomic mass is 10.0. The van der Waals surface area contributed by atoms with E-state index in [1.54, 1.807) is 25.6 Å². The molecule has 10 heteroatoms. The lowest BCUT2D eigenvalue weighted by Gasteiger charge is -2.35. The minimum absolute atomic E-state index is 0.00810. The number of nitrogens with zero attached hydrogens (tertiary/aromatic N) is 3. The van der Waals surface area contributed by atoms with E-state index in [4.69, 9.17) is 18.7 Å². The maximum atomic E-state index is 12.6. The topological polar surface area (TPSA) is 99.0 Å². The Morgan fingerprint density at radius 2 is 2.03 bits per heavy atom. The van der Waals surface area contributed by atoms with Gasteiger partial charge < -0.3 is 24.1 Å². The molecule has 1 aliphatic heterocycles. The summed E-state index contributed by atoms with van der Waals surface area (Å²) in [5.41, 5.74) is 1.97. The van der Waals surface area contributed by atoms with Crippen LogP contribution in [0.15, 0.2) is 39.5 Å². The number of methoxy groups -OCH3 is 2. The van der Waals surface area contributed by atoms with Crippen LogP contribution >= 0.6 is 11.3 Å². The van der Waals surface area contributed by atoms with Gasteiger partial charge in [-0.3, -0.25) is 9.69 Å². The first kappa shape index (κ1) is 23.2. The van der Waals surface area contributed by atoms with Crippen LogP contribution in [-0.2, 0) is 16.0 Å². The molecule has 0 aliphatic carbocycles. The fraction of sp³-hybridized carbons (Fsp3) is 0.435. The molecule has 176 valence electrons. The van der Waals surface area contributed by atoms with Gasteiger partial charge >= 0.3 is 0 Å². The number of aromatic nitrogens is 2. The average Bonchev–Trinajstić information content (AvgIpc) is 3.55. The Morgan fingerprint density at radius 3 is 2.76 bits per heavy atom. The number of carbonyl (C=O) groups excluding carboxylic acids is 1. The number of carbonyl (C=O) groups is 1. The molecular formula is C23H28N4O5S. The van der Waals surface area contributed by atoms with E-state index in [1.807, 2.05) is 35.0 Å². The second-order valence-corrected chi connectivity index (χ2v) is 8.39. The summed E-state index contributed by atoms with van der Waals surface area (Å²) in [5, 5.41) is 11.0. The Bertz CT molecular complexity index is 1030. The van der Waals surface area contributed by atoms with Crippen LogP contribution in [0.3, 0.4) is 0 Å². The maximum Gasteiger partial charge on any atom is 0.227 e. The number of amides is 1. The molecular weight excluding hydrogens is 444 g/mol. The van der Waals surface area contributed by atoms with Crippen LogP contribution < -0.4 is 14.8 Å². The summed E-state index contributed by atoms with van der Waals surface area (Å²) < 4.78 is 21.6. The van der Waals surface area contributed by atoms with E-state index in [1.165, 1.54) is 0 Å². The first-order chi connectivity index (χ1) is 16.2. The molecule has 3 heterocycles. The molecule has 0 bridgehead atoms. The minimum atomic E-state index is -0.0657. The van der Waals surface area contributed by atoms with Gasteiger partial charge in [0.05, 0.1) is 33.5 Å². The van der Waals surface area contributed by atoms with Gasteiger partial charge in [0.25, 0.3) is 0 Å². The van der Waals surface area contributed by atoms with Crippen LogP contribution in [0.5, 0.6) is 11.5 Å². The number of morpholine rings is 1. The molecule has 1 saturated heterocycles. The number of benzene rings is 1. The first-order valence-electron chi connectivity index (χ1n) is 10.8. The molecule has 3 aromatic rings. The highest BCUT2D eigenvalue weighted by molar-refractivity contribution is 7.08. The van der Waals surface area contributed by atoms with Crippen molar-refractivity contribution in [3.8, 4) is 22.9 Å². The predicted octanol–water partition coefficient (Wildman–Crippen LogP) is 2.94. The zero-order chi connectivity index (χ0) is 23.0. The molecule has 1 amide bonds. The summed E-state index contributed by atoms with van der Waals surface area (Å²) in [6, 6.07) is 7.80. The van der Waals surface area contributed by atoms with Crippen molar-refractivity contribution in [3.05, 3.63) is 46.5 Å². The highest BCUT2D eigenvalue weighted by Gasteiger charge is 2.24. The normalized spacial score (nSPS) is 15.2. The van der Waals surface area contributed by atoms with Crippen molar-refractivity contribution in [2.45, 2.75) is 18.9 Å². The summed E-state index contributed by atoms with van der Waals surface area (Å²) >= 11 is 1.57. The Balaban J connectivity index is 1.37. The Kier molecular flexibility index (Phi) is 7.92. The Hall–Kier alpha value is -2.95. The molecule has 4 rings (SSSR count). The molecule has 2 aromatic heterocycles. The van der Waals surface area contributed by atoms with Crippen molar-refractivity contribution >= 4 is 17.2 Å². The van der Waals surface area contributed by atoms with Gasteiger partial charge in [0.2, 0.25) is 17.6 Å². The van der Waals surface area contributed by atoms with Gasteiger partial charge in [-0.1, -0.05) is 11.2 Å². The lowest BCUT2D eigenvalue weighted by Crippen LogP contribution is -2.43. The van der Waals surface area contributed by atoms with Crippen LogP contribution in [0.2, 0.25) is 0 Å². The van der Waals surface area contributed by atoms with Crippen molar-refractivity contribution in [3.63, 3.8) is 0 Å². The van der Waals surface area contributed by atoms with E-state index in [0.29, 0.717) is 49.4 Å². The summed E-state index contributed by atoms with van der Waals surface area (Å²) in [4.78, 5) is 19.3. The van der Waals surface area contributed by atoms with E-state index >= 15 is 0 Å². The van der Waals surface area contributed by atoms with Gasteiger partial charge in [-0.15, -0.1) is 0 Å². The number of nitrogens with one attached hydrogen (secondary N) is 1. The quantitative estimate of drug-likeness (QED) is 0.481. The first-order valence-corrected chi connectivity index (χ1v) is 11.8. The van der Waals surface area contributed by atoms with Crippen LogP contribution in [0, 0.1) is 0 Å². The van der Waals surface area contributed by atoms with Crippen LogP contribution in [0.1, 0.15) is 23.9 Å². The second kappa shape index (κ2) is 11.3. The number of ether oxygens (including phenoxy) is 3. The van der Waals surface area contributed by atoms with Crippen LogP contribution in [-0.4, -0.2) is 68.0 Å². The standard InChI is InChI=1S/C23H28N4O5S/c1-29-19-4-3-16(13-20(19)30-2)18(27-8-10-31-11-9-27)14-24-21(28)5-6-22-25-23(26-32-22)17-7-12-33-15-17/h3-4,7,12-13,15,18H,5-6,8-11,14H2,1-2H3,(H,24,28). The van der Waals surface area contributed by atoms with Crippen molar-refractivity contribution in [1.82, 2.24) is 20.4 Å². The Morgan fingerprint density at radius 1 is 1.21 bits per heavy atom. The molecule has 33 heavy (non-hydrogen) atoms. The third-order valence-electron chi connectivity index (χ3n) is 5.58. The van der Waals surface area contributed by atoms with Crippen molar-refractivity contribution in [2.75, 3.05) is 47.1 Å². The molecule has 1 atom stereocenters. The van der Waals surface area contributed by atoms with Crippen molar-refractivity contribution < 1.29 is 23.5 Å². The lowest BCUT2D eigenvalue weighted by molar-refractivity contribution is -0.121.